The molecule has 8 rings (SSSR count). The van der Waals surface area contributed by atoms with E-state index in [0.29, 0.717) is 32.3 Å². The van der Waals surface area contributed by atoms with Gasteiger partial charge in [0.15, 0.2) is 0 Å². The van der Waals surface area contributed by atoms with Crippen LogP contribution in [0.2, 0.25) is 0 Å². The van der Waals surface area contributed by atoms with Crippen molar-refractivity contribution in [2.75, 3.05) is 0 Å². The second-order valence-corrected chi connectivity index (χ2v) is 18.7. The van der Waals surface area contributed by atoms with Crippen LogP contribution in [-0.2, 0) is 38.9 Å². The summed E-state index contributed by atoms with van der Waals surface area (Å²) >= 11 is 13.5. The molecule has 0 spiro atoms. The van der Waals surface area contributed by atoms with Crippen molar-refractivity contribution in [3.8, 4) is 22.5 Å². The first kappa shape index (κ1) is 49.9. The zero-order chi connectivity index (χ0) is 43.9. The van der Waals surface area contributed by atoms with Crippen LogP contribution >= 0.6 is 39.1 Å². The van der Waals surface area contributed by atoms with Crippen molar-refractivity contribution >= 4 is 99.5 Å². The van der Waals surface area contributed by atoms with Crippen LogP contribution in [0.3, 0.4) is 0 Å². The van der Waals surface area contributed by atoms with Gasteiger partial charge in [0.2, 0.25) is 0 Å². The van der Waals surface area contributed by atoms with Crippen LogP contribution in [0.5, 0.6) is 0 Å². The van der Waals surface area contributed by atoms with Crippen LogP contribution in [0, 0.1) is 0 Å². The van der Waals surface area contributed by atoms with Gasteiger partial charge in [0.05, 0.1) is 44.6 Å². The van der Waals surface area contributed by atoms with Crippen molar-refractivity contribution in [1.82, 2.24) is 37.5 Å². The SMILES string of the molecule is CC(=O)[O-].CC(Cl)Cl.Cn1cc(-c2cc3c(cn2)c(B(O)O)cn3S(=O)(=O)c2ccccc2)cn1.Cn1cc(-c2cc3c(cn2)c(Br)cn3S(=O)(=O)c2ccccc2)cn1.[K+]. The molecule has 23 heteroatoms. The summed E-state index contributed by atoms with van der Waals surface area (Å²) in [7, 11) is -5.87. The third kappa shape index (κ3) is 12.3. The Labute approximate surface area is 412 Å². The Morgan fingerprint density at radius 1 is 0.721 bits per heavy atom. The van der Waals surface area contributed by atoms with Gasteiger partial charge in [-0.1, -0.05) is 36.4 Å². The molecule has 0 aliphatic rings. The maximum absolute atomic E-state index is 13.1. The van der Waals surface area contributed by atoms with E-state index in [1.54, 1.807) is 115 Å². The Morgan fingerprint density at radius 3 is 1.48 bits per heavy atom. The molecule has 2 aromatic carbocycles. The molecule has 312 valence electrons. The molecule has 0 aliphatic carbocycles. The number of nitrogens with zero attached hydrogens (tertiary/aromatic N) is 8. The zero-order valence-electron chi connectivity index (χ0n) is 33.1. The van der Waals surface area contributed by atoms with Gasteiger partial charge in [-0.3, -0.25) is 19.3 Å². The molecule has 8 aromatic rings. The molecule has 16 nitrogen and oxygen atoms in total. The quantitative estimate of drug-likeness (QED) is 0.171. The van der Waals surface area contributed by atoms with Gasteiger partial charge in [-0.05, 0) is 66.2 Å². The van der Waals surface area contributed by atoms with E-state index in [9.17, 15) is 26.9 Å². The summed E-state index contributed by atoms with van der Waals surface area (Å²) < 4.78 is 58.5. The van der Waals surface area contributed by atoms with Gasteiger partial charge < -0.3 is 19.9 Å². The maximum atomic E-state index is 13.1. The first-order valence-corrected chi connectivity index (χ1v) is 21.9. The fourth-order valence-electron chi connectivity index (χ4n) is 5.61. The Bertz CT molecular complexity index is 2980. The minimum Gasteiger partial charge on any atom is -0.550 e. The Kier molecular flexibility index (Phi) is 17.7. The van der Waals surface area contributed by atoms with E-state index in [1.165, 1.54) is 28.5 Å². The summed E-state index contributed by atoms with van der Waals surface area (Å²) in [5.74, 6) is -1.08. The summed E-state index contributed by atoms with van der Waals surface area (Å²) in [4.78, 5) is 17.7. The van der Waals surface area contributed by atoms with Gasteiger partial charge in [-0.2, -0.15) is 10.2 Å². The molecule has 0 saturated heterocycles. The number of fused-ring (bicyclic) bond motifs is 2. The molecule has 2 N–H and O–H groups in total. The normalized spacial score (nSPS) is 11.1. The molecule has 6 aromatic heterocycles. The van der Waals surface area contributed by atoms with Crippen molar-refractivity contribution in [1.29, 1.82) is 0 Å². The number of aryl methyl sites for hydroxylation is 2. The number of alkyl halides is 2. The summed E-state index contributed by atoms with van der Waals surface area (Å²) in [6, 6.07) is 19.7. The predicted octanol–water partition coefficient (Wildman–Crippen LogP) is 1.36. The van der Waals surface area contributed by atoms with Crippen LogP contribution in [0.4, 0.5) is 0 Å². The number of carbonyl (C=O) groups is 1. The van der Waals surface area contributed by atoms with E-state index >= 15 is 0 Å². The van der Waals surface area contributed by atoms with E-state index in [4.69, 9.17) is 33.1 Å². The third-order valence-corrected chi connectivity index (χ3v) is 12.2. The van der Waals surface area contributed by atoms with Gasteiger partial charge in [0.25, 0.3) is 20.0 Å². The smallest absolute Gasteiger partial charge is 0.550 e. The zero-order valence-corrected chi connectivity index (χ0v) is 40.9. The molecular formula is C38H35BBrCl2KN8O8S2. The average molecular weight is 997 g/mol. The first-order valence-electron chi connectivity index (χ1n) is 17.4. The number of aromatic nitrogens is 8. The van der Waals surface area contributed by atoms with Crippen molar-refractivity contribution in [2.24, 2.45) is 14.1 Å². The van der Waals surface area contributed by atoms with Crippen molar-refractivity contribution in [3.63, 3.8) is 0 Å². The number of benzene rings is 2. The number of hydrogen-bond donors (Lipinski definition) is 2. The predicted molar refractivity (Wildman–Crippen MR) is 231 cm³/mol. The molecule has 61 heavy (non-hydrogen) atoms. The summed E-state index contributed by atoms with van der Waals surface area (Å²) in [5, 5.41) is 37.5. The Balaban J connectivity index is 0.000000226. The third-order valence-electron chi connectivity index (χ3n) is 8.17. The van der Waals surface area contributed by atoms with E-state index in [0.717, 1.165) is 27.4 Å². The molecular weight excluding hydrogens is 961 g/mol. The van der Waals surface area contributed by atoms with Gasteiger partial charge in [-0.15, -0.1) is 23.2 Å². The number of rotatable bonds is 7. The fraction of sp³-hybridized carbons (Fsp3) is 0.132. The standard InChI is InChI=1S/C17H15BN4O4S.C17H13BrN4O2S.C2H4Cl2.C2H4O2.K/c1-21-10-12(8-20-21)16-7-17-14(9-19-16)15(18(23)24)11-22(17)27(25,26)13-5-3-2-4-6-13;1-21-10-12(8-20-21)16-7-17-14(9-19-16)15(18)11-22(17)25(23,24)13-5-3-2-4-6-13;2*1-2(3)4;/h2-11,23-24H,1H3;2-11H,1H3;2H,1H3;1H3,(H,3,4);/q;;;;+1/p-1. The summed E-state index contributed by atoms with van der Waals surface area (Å²) in [6.45, 7) is 2.67. The average Bonchev–Trinajstić information content (AvgIpc) is 4.01. The Hall–Kier alpha value is -3.71. The number of aliphatic carboxylic acids is 1. The van der Waals surface area contributed by atoms with Gasteiger partial charge in [-0.25, -0.2) is 24.8 Å². The van der Waals surface area contributed by atoms with Crippen molar-refractivity contribution < 1.29 is 88.2 Å². The second kappa shape index (κ2) is 21.6. The molecule has 6 heterocycles. The molecule has 0 fully saturated rings. The minimum absolute atomic E-state index is 0. The summed E-state index contributed by atoms with van der Waals surface area (Å²) in [5.41, 5.74) is 3.66. The van der Waals surface area contributed by atoms with Crippen LogP contribution in [0.1, 0.15) is 13.8 Å². The molecule has 0 amide bonds. The maximum Gasteiger partial charge on any atom is 1.00 e. The Morgan fingerprint density at radius 2 is 1.10 bits per heavy atom. The number of halogens is 3. The number of carboxylic acids is 1. The summed E-state index contributed by atoms with van der Waals surface area (Å²) in [6.07, 6.45) is 12.8. The van der Waals surface area contributed by atoms with Crippen LogP contribution in [0.15, 0.2) is 137 Å². The van der Waals surface area contributed by atoms with Crippen LogP contribution in [0.25, 0.3) is 44.3 Å². The van der Waals surface area contributed by atoms with Crippen LogP contribution < -0.4 is 62.0 Å². The van der Waals surface area contributed by atoms with Crippen LogP contribution in [-0.4, -0.2) is 82.3 Å². The minimum atomic E-state index is -3.93. The topological polar surface area (TPSA) is 220 Å². The number of pyridine rings is 2. The first-order chi connectivity index (χ1) is 28.3. The largest absolute Gasteiger partial charge is 1.00 e. The fourth-order valence-corrected chi connectivity index (χ4v) is 9.02. The number of carbonyl (C=O) groups excluding carboxylic acids is 1. The van der Waals surface area contributed by atoms with Gasteiger partial charge >= 0.3 is 58.5 Å². The molecule has 0 saturated carbocycles. The molecule has 0 atom stereocenters. The van der Waals surface area contributed by atoms with Crippen molar-refractivity contribution in [3.05, 3.63) is 127 Å². The molecule has 0 bridgehead atoms. The van der Waals surface area contributed by atoms with E-state index in [2.05, 4.69) is 36.1 Å². The van der Waals surface area contributed by atoms with Gasteiger partial charge in [0, 0.05) is 89.1 Å². The molecule has 0 aliphatic heterocycles. The van der Waals surface area contributed by atoms with Crippen molar-refractivity contribution in [2.45, 2.75) is 28.5 Å². The van der Waals surface area contributed by atoms with E-state index in [-0.39, 0.29) is 71.5 Å². The second-order valence-electron chi connectivity index (χ2n) is 12.7. The van der Waals surface area contributed by atoms with Gasteiger partial charge in [0.1, 0.15) is 4.84 Å². The molecule has 0 radical (unpaired) electrons. The number of carboxylic acid groups (broad SMARTS) is 1. The molecule has 0 unspecified atom stereocenters. The van der Waals surface area contributed by atoms with E-state index in [1.807, 2.05) is 13.2 Å². The van der Waals surface area contributed by atoms with E-state index < -0.39 is 33.1 Å². The number of hydrogen-bond acceptors (Lipinski definition) is 12. The monoisotopic (exact) mass is 994 g/mol.